The molecule has 6 nitrogen and oxygen atoms in total. The van der Waals surface area contributed by atoms with E-state index in [4.69, 9.17) is 4.98 Å². The second-order valence-corrected chi connectivity index (χ2v) is 9.04. The largest absolute Gasteiger partial charge is 0.396 e. The number of amides is 1. The molecule has 1 aromatic heterocycles. The summed E-state index contributed by atoms with van der Waals surface area (Å²) in [6.07, 6.45) is 3.47. The molecule has 1 unspecified atom stereocenters. The lowest BCUT2D eigenvalue weighted by Crippen LogP contribution is -2.32. The number of benzene rings is 1. The summed E-state index contributed by atoms with van der Waals surface area (Å²) in [7, 11) is 1.88. The second-order valence-electron chi connectivity index (χ2n) is 9.04. The fourth-order valence-electron chi connectivity index (χ4n) is 4.00. The molecule has 1 aliphatic rings. The number of rotatable bonds is 8. The molecule has 0 saturated heterocycles. The van der Waals surface area contributed by atoms with Gasteiger partial charge >= 0.3 is 0 Å². The third-order valence-electron chi connectivity index (χ3n) is 6.42. The maximum Gasteiger partial charge on any atom is 0.232 e. The zero-order chi connectivity index (χ0) is 23.6. The van der Waals surface area contributed by atoms with Gasteiger partial charge in [0.05, 0.1) is 41.6 Å². The minimum absolute atomic E-state index is 0.195. The van der Waals surface area contributed by atoms with Gasteiger partial charge in [0.2, 0.25) is 5.91 Å². The molecule has 3 N–H and O–H groups in total. The third-order valence-corrected chi connectivity index (χ3v) is 6.42. The quantitative estimate of drug-likeness (QED) is 0.583. The number of carbonyl (C=O) groups excluding carboxylic acids is 1. The number of likely N-dealkylation sites (N-methyl/N-ethyl adjacent to an activating group) is 1. The van der Waals surface area contributed by atoms with Gasteiger partial charge in [0.1, 0.15) is 5.82 Å². The van der Waals surface area contributed by atoms with Crippen LogP contribution in [0.5, 0.6) is 0 Å². The fourth-order valence-corrected chi connectivity index (χ4v) is 4.00. The first kappa shape index (κ1) is 24.3. The van der Waals surface area contributed by atoms with Gasteiger partial charge in [-0.2, -0.15) is 0 Å². The number of pyridine rings is 1. The van der Waals surface area contributed by atoms with Crippen molar-refractivity contribution >= 4 is 22.5 Å². The molecule has 0 bridgehead atoms. The van der Waals surface area contributed by atoms with E-state index < -0.39 is 11.5 Å². The normalized spacial score (nSPS) is 17.6. The van der Waals surface area contributed by atoms with Gasteiger partial charge in [0, 0.05) is 17.0 Å². The van der Waals surface area contributed by atoms with Crippen molar-refractivity contribution in [3.63, 3.8) is 0 Å². The SMILES string of the molecule is CC[C@](C)(O)C/C=C1/c2nc3cc(F)c(C)cc3c(CCNC)c2CN1C(=O)C(C)CO. The maximum absolute atomic E-state index is 14.4. The molecule has 3 rings (SSSR count). The number of aryl methyl sites for hydroxylation is 1. The van der Waals surface area contributed by atoms with Crippen LogP contribution in [0.3, 0.4) is 0 Å². The molecule has 2 aromatic rings. The lowest BCUT2D eigenvalue weighted by molar-refractivity contribution is -0.133. The number of carbonyl (C=O) groups is 1. The Kier molecular flexibility index (Phi) is 7.32. The van der Waals surface area contributed by atoms with Crippen molar-refractivity contribution in [3.8, 4) is 0 Å². The van der Waals surface area contributed by atoms with Crippen LogP contribution in [0, 0.1) is 18.7 Å². The van der Waals surface area contributed by atoms with Crippen LogP contribution in [0.15, 0.2) is 18.2 Å². The van der Waals surface area contributed by atoms with E-state index in [0.29, 0.717) is 48.3 Å². The first-order chi connectivity index (χ1) is 15.1. The summed E-state index contributed by atoms with van der Waals surface area (Å²) >= 11 is 0. The Balaban J connectivity index is 2.24. The molecule has 0 spiro atoms. The Hall–Kier alpha value is -2.35. The van der Waals surface area contributed by atoms with Gasteiger partial charge in [-0.05, 0) is 63.9 Å². The van der Waals surface area contributed by atoms with E-state index in [1.54, 1.807) is 25.7 Å². The summed E-state index contributed by atoms with van der Waals surface area (Å²) in [5, 5.41) is 24.2. The zero-order valence-electron chi connectivity index (χ0n) is 19.6. The summed E-state index contributed by atoms with van der Waals surface area (Å²) in [6, 6.07) is 3.28. The van der Waals surface area contributed by atoms with Crippen LogP contribution >= 0.6 is 0 Å². The summed E-state index contributed by atoms with van der Waals surface area (Å²) in [5.41, 5.74) is 3.45. The van der Waals surface area contributed by atoms with E-state index >= 15 is 0 Å². The molecule has 32 heavy (non-hydrogen) atoms. The fraction of sp³-hybridized carbons (Fsp3) is 0.520. The van der Waals surface area contributed by atoms with Crippen LogP contribution in [-0.4, -0.2) is 51.8 Å². The van der Waals surface area contributed by atoms with E-state index in [9.17, 15) is 19.4 Å². The number of halogens is 1. The number of hydrogen-bond acceptors (Lipinski definition) is 5. The molecular formula is C25H34FN3O3. The molecule has 0 radical (unpaired) electrons. The second kappa shape index (κ2) is 9.65. The molecule has 174 valence electrons. The smallest absolute Gasteiger partial charge is 0.232 e. The highest BCUT2D eigenvalue weighted by Crippen LogP contribution is 2.39. The van der Waals surface area contributed by atoms with E-state index in [0.717, 1.165) is 23.1 Å². The molecule has 1 amide bonds. The monoisotopic (exact) mass is 443 g/mol. The average molecular weight is 444 g/mol. The number of aliphatic hydroxyl groups is 2. The number of nitrogens with one attached hydrogen (secondary N) is 1. The lowest BCUT2D eigenvalue weighted by Gasteiger charge is -2.23. The molecule has 7 heteroatoms. The predicted octanol–water partition coefficient (Wildman–Crippen LogP) is 3.31. The molecule has 0 saturated carbocycles. The van der Waals surface area contributed by atoms with Gasteiger partial charge in [-0.1, -0.05) is 19.9 Å². The van der Waals surface area contributed by atoms with Gasteiger partial charge in [0.15, 0.2) is 0 Å². The first-order valence-electron chi connectivity index (χ1n) is 11.2. The van der Waals surface area contributed by atoms with Crippen LogP contribution in [0.4, 0.5) is 4.39 Å². The summed E-state index contributed by atoms with van der Waals surface area (Å²) in [4.78, 5) is 19.6. The van der Waals surface area contributed by atoms with Gasteiger partial charge < -0.3 is 20.4 Å². The Labute approximate surface area is 189 Å². The van der Waals surface area contributed by atoms with Gasteiger partial charge in [-0.15, -0.1) is 0 Å². The molecule has 0 aliphatic carbocycles. The van der Waals surface area contributed by atoms with Crippen molar-refractivity contribution in [2.24, 2.45) is 5.92 Å². The Morgan fingerprint density at radius 3 is 2.78 bits per heavy atom. The van der Waals surface area contributed by atoms with Gasteiger partial charge in [-0.3, -0.25) is 4.79 Å². The number of fused-ring (bicyclic) bond motifs is 2. The van der Waals surface area contributed by atoms with E-state index in [2.05, 4.69) is 5.32 Å². The average Bonchev–Trinajstić information content (AvgIpc) is 3.13. The Bertz CT molecular complexity index is 1050. The van der Waals surface area contributed by atoms with Crippen LogP contribution in [0.1, 0.15) is 56.0 Å². The number of aliphatic hydroxyl groups excluding tert-OH is 1. The van der Waals surface area contributed by atoms with E-state index in [-0.39, 0.29) is 18.3 Å². The van der Waals surface area contributed by atoms with Crippen molar-refractivity contribution in [1.29, 1.82) is 0 Å². The highest BCUT2D eigenvalue weighted by atomic mass is 19.1. The van der Waals surface area contributed by atoms with Crippen LogP contribution in [-0.2, 0) is 17.8 Å². The topological polar surface area (TPSA) is 85.7 Å². The van der Waals surface area contributed by atoms with E-state index in [1.807, 2.05) is 26.1 Å². The summed E-state index contributed by atoms with van der Waals surface area (Å²) in [5.74, 6) is -1.07. The molecule has 0 fully saturated rings. The minimum Gasteiger partial charge on any atom is -0.396 e. The summed E-state index contributed by atoms with van der Waals surface area (Å²) in [6.45, 7) is 7.91. The molecule has 2 atom stereocenters. The predicted molar refractivity (Wildman–Crippen MR) is 124 cm³/mol. The van der Waals surface area contributed by atoms with Crippen LogP contribution in [0.25, 0.3) is 16.6 Å². The standard InChI is InChI=1S/C25H34FN3O3/c1-6-25(4,32)9-7-22-23-19(13-29(22)24(31)16(3)14-30)17(8-10-27-5)18-11-15(2)20(26)12-21(18)28-23/h7,11-12,16,27,30,32H,6,8-10,13-14H2,1-5H3/b22-7-/t16?,25-/m0/s1. The van der Waals surface area contributed by atoms with Crippen molar-refractivity contribution in [2.75, 3.05) is 20.2 Å². The van der Waals surface area contributed by atoms with Crippen molar-refractivity contribution in [1.82, 2.24) is 15.2 Å². The molecule has 1 aliphatic heterocycles. The first-order valence-corrected chi connectivity index (χ1v) is 11.2. The Morgan fingerprint density at radius 2 is 2.16 bits per heavy atom. The van der Waals surface area contributed by atoms with Crippen molar-refractivity contribution in [3.05, 3.63) is 46.4 Å². The number of hydrogen-bond donors (Lipinski definition) is 3. The van der Waals surface area contributed by atoms with Crippen LogP contribution < -0.4 is 5.32 Å². The minimum atomic E-state index is -0.915. The van der Waals surface area contributed by atoms with Crippen molar-refractivity contribution in [2.45, 2.75) is 59.1 Å². The molecule has 1 aromatic carbocycles. The highest BCUT2D eigenvalue weighted by Gasteiger charge is 2.35. The van der Waals surface area contributed by atoms with Crippen molar-refractivity contribution < 1.29 is 19.4 Å². The van der Waals surface area contributed by atoms with Gasteiger partial charge in [0.25, 0.3) is 0 Å². The number of nitrogens with zero attached hydrogens (tertiary/aromatic N) is 2. The molecular weight excluding hydrogens is 409 g/mol. The number of aromatic nitrogens is 1. The zero-order valence-corrected chi connectivity index (χ0v) is 19.6. The van der Waals surface area contributed by atoms with Gasteiger partial charge in [-0.25, -0.2) is 9.37 Å². The molecule has 2 heterocycles. The van der Waals surface area contributed by atoms with Crippen LogP contribution in [0.2, 0.25) is 0 Å². The summed E-state index contributed by atoms with van der Waals surface area (Å²) < 4.78 is 14.4. The Morgan fingerprint density at radius 1 is 1.44 bits per heavy atom. The van der Waals surface area contributed by atoms with E-state index in [1.165, 1.54) is 6.07 Å². The third kappa shape index (κ3) is 4.70. The maximum atomic E-state index is 14.4. The lowest BCUT2D eigenvalue weighted by atomic mass is 9.95. The highest BCUT2D eigenvalue weighted by molar-refractivity contribution is 5.94.